The van der Waals surface area contributed by atoms with Crippen LogP contribution in [-0.2, 0) is 14.4 Å². The van der Waals surface area contributed by atoms with Gasteiger partial charge >= 0.3 is 17.9 Å². The first-order valence-electron chi connectivity index (χ1n) is 3.29. The van der Waals surface area contributed by atoms with Crippen LogP contribution in [0, 0.1) is 0 Å². The molecule has 0 heterocycles. The van der Waals surface area contributed by atoms with Crippen LogP contribution in [0.3, 0.4) is 0 Å². The molecular weight excluding hydrogens is 180 g/mol. The Balaban J connectivity index is 4.41. The molecule has 0 spiro atoms. The van der Waals surface area contributed by atoms with E-state index in [0.717, 1.165) is 6.08 Å². The summed E-state index contributed by atoms with van der Waals surface area (Å²) in [6, 6.07) is 0. The number of carboxylic acid groups (broad SMARTS) is 3. The minimum Gasteiger partial charge on any atom is -0.481 e. The number of carbonyl (C=O) groups is 3. The van der Waals surface area contributed by atoms with E-state index in [1.165, 1.54) is 0 Å². The summed E-state index contributed by atoms with van der Waals surface area (Å²) in [7, 11) is 0. The first-order valence-corrected chi connectivity index (χ1v) is 3.29. The predicted molar refractivity (Wildman–Crippen MR) is 40.2 cm³/mol. The fourth-order valence-electron chi connectivity index (χ4n) is 0.609. The molecule has 0 fully saturated rings. The zero-order valence-electron chi connectivity index (χ0n) is 6.56. The minimum atomic E-state index is -1.41. The van der Waals surface area contributed by atoms with Crippen molar-refractivity contribution >= 4 is 17.9 Å². The first-order chi connectivity index (χ1) is 5.93. The van der Waals surface area contributed by atoms with Crippen LogP contribution in [0.1, 0.15) is 12.8 Å². The highest BCUT2D eigenvalue weighted by Crippen LogP contribution is 2.03. The molecule has 0 rings (SSSR count). The smallest absolute Gasteiger partial charge is 0.331 e. The van der Waals surface area contributed by atoms with Crippen LogP contribution in [0.2, 0.25) is 0 Å². The molecule has 0 aliphatic rings. The van der Waals surface area contributed by atoms with Crippen LogP contribution in [0.25, 0.3) is 0 Å². The van der Waals surface area contributed by atoms with Gasteiger partial charge in [-0.05, 0) is 0 Å². The molecule has 0 bridgehead atoms. The normalized spacial score (nSPS) is 10.9. The molecule has 0 radical (unpaired) electrons. The molecular formula is C7H8O6. The summed E-state index contributed by atoms with van der Waals surface area (Å²) in [5, 5.41) is 24.9. The second-order valence-corrected chi connectivity index (χ2v) is 2.20. The fourth-order valence-corrected chi connectivity index (χ4v) is 0.609. The SMILES string of the molecule is O=C(O)C/C=C(\CC(=O)O)C(=O)O. The first kappa shape index (κ1) is 11.2. The summed E-state index contributed by atoms with van der Waals surface area (Å²) in [6.07, 6.45) is -0.295. The van der Waals surface area contributed by atoms with Crippen molar-refractivity contribution in [2.75, 3.05) is 0 Å². The van der Waals surface area contributed by atoms with E-state index in [4.69, 9.17) is 15.3 Å². The highest BCUT2D eigenvalue weighted by Gasteiger charge is 2.11. The van der Waals surface area contributed by atoms with Gasteiger partial charge in [0, 0.05) is 5.57 Å². The molecule has 0 aromatic carbocycles. The van der Waals surface area contributed by atoms with Crippen LogP contribution in [0.5, 0.6) is 0 Å². The van der Waals surface area contributed by atoms with Crippen LogP contribution in [0.4, 0.5) is 0 Å². The third-order valence-corrected chi connectivity index (χ3v) is 1.14. The topological polar surface area (TPSA) is 112 Å². The number of hydrogen-bond acceptors (Lipinski definition) is 3. The molecule has 3 N–H and O–H groups in total. The quantitative estimate of drug-likeness (QED) is 0.521. The average Bonchev–Trinajstić information content (AvgIpc) is 1.96. The van der Waals surface area contributed by atoms with Crippen molar-refractivity contribution in [2.24, 2.45) is 0 Å². The number of rotatable bonds is 5. The second kappa shape index (κ2) is 4.91. The Hall–Kier alpha value is -1.85. The second-order valence-electron chi connectivity index (χ2n) is 2.20. The van der Waals surface area contributed by atoms with Crippen LogP contribution in [-0.4, -0.2) is 33.2 Å². The summed E-state index contributed by atoms with van der Waals surface area (Å²) < 4.78 is 0. The summed E-state index contributed by atoms with van der Waals surface area (Å²) in [5.41, 5.74) is -0.421. The lowest BCUT2D eigenvalue weighted by molar-refractivity contribution is -0.140. The lowest BCUT2D eigenvalue weighted by atomic mass is 10.1. The van der Waals surface area contributed by atoms with E-state index in [1.807, 2.05) is 0 Å². The van der Waals surface area contributed by atoms with E-state index in [9.17, 15) is 14.4 Å². The summed E-state index contributed by atoms with van der Waals surface area (Å²) in [6.45, 7) is 0. The van der Waals surface area contributed by atoms with E-state index in [0.29, 0.717) is 0 Å². The van der Waals surface area contributed by atoms with E-state index >= 15 is 0 Å². The Morgan fingerprint density at radius 1 is 1.00 bits per heavy atom. The van der Waals surface area contributed by atoms with E-state index in [-0.39, 0.29) is 0 Å². The largest absolute Gasteiger partial charge is 0.481 e. The molecule has 0 unspecified atom stereocenters. The highest BCUT2D eigenvalue weighted by atomic mass is 16.4. The van der Waals surface area contributed by atoms with Crippen molar-refractivity contribution in [3.05, 3.63) is 11.6 Å². The van der Waals surface area contributed by atoms with Gasteiger partial charge in [0.25, 0.3) is 0 Å². The summed E-state index contributed by atoms with van der Waals surface area (Å²) in [4.78, 5) is 30.5. The lowest BCUT2D eigenvalue weighted by Gasteiger charge is -1.96. The molecule has 6 nitrogen and oxygen atoms in total. The molecule has 0 saturated heterocycles. The fraction of sp³-hybridized carbons (Fsp3) is 0.286. The minimum absolute atomic E-state index is 0.421. The van der Waals surface area contributed by atoms with Crippen molar-refractivity contribution in [3.8, 4) is 0 Å². The van der Waals surface area contributed by atoms with Crippen LogP contribution >= 0.6 is 0 Å². The molecule has 0 aliphatic carbocycles. The molecule has 0 aromatic heterocycles. The summed E-state index contributed by atoms with van der Waals surface area (Å²) >= 11 is 0. The zero-order chi connectivity index (χ0) is 10.4. The van der Waals surface area contributed by atoms with Crippen LogP contribution < -0.4 is 0 Å². The molecule has 6 heteroatoms. The summed E-state index contributed by atoms with van der Waals surface area (Å²) in [5.74, 6) is -3.92. The van der Waals surface area contributed by atoms with E-state index in [2.05, 4.69) is 0 Å². The number of aliphatic carboxylic acids is 3. The Morgan fingerprint density at radius 2 is 1.54 bits per heavy atom. The van der Waals surface area contributed by atoms with Crippen molar-refractivity contribution in [3.63, 3.8) is 0 Å². The number of hydrogen-bond donors (Lipinski definition) is 3. The van der Waals surface area contributed by atoms with Gasteiger partial charge in [0.15, 0.2) is 0 Å². The van der Waals surface area contributed by atoms with Gasteiger partial charge in [-0.25, -0.2) is 4.79 Å². The maximum absolute atomic E-state index is 10.3. The average molecular weight is 188 g/mol. The molecule has 72 valence electrons. The van der Waals surface area contributed by atoms with Crippen molar-refractivity contribution in [1.82, 2.24) is 0 Å². The maximum atomic E-state index is 10.3. The standard InChI is InChI=1S/C7H8O6/c8-5(9)2-1-4(7(12)13)3-6(10)11/h1H,2-3H2,(H,8,9)(H,10,11)(H,12,13)/b4-1+. The van der Waals surface area contributed by atoms with Crippen molar-refractivity contribution < 1.29 is 29.7 Å². The maximum Gasteiger partial charge on any atom is 0.331 e. The lowest BCUT2D eigenvalue weighted by Crippen LogP contribution is -2.07. The highest BCUT2D eigenvalue weighted by molar-refractivity contribution is 5.92. The van der Waals surface area contributed by atoms with Crippen molar-refractivity contribution in [1.29, 1.82) is 0 Å². The van der Waals surface area contributed by atoms with Gasteiger partial charge in [-0.3, -0.25) is 9.59 Å². The number of carboxylic acids is 3. The van der Waals surface area contributed by atoms with Crippen molar-refractivity contribution in [2.45, 2.75) is 12.8 Å². The zero-order valence-corrected chi connectivity index (χ0v) is 6.56. The van der Waals surface area contributed by atoms with Gasteiger partial charge in [0.1, 0.15) is 0 Å². The Morgan fingerprint density at radius 3 is 1.85 bits per heavy atom. The van der Waals surface area contributed by atoms with Gasteiger partial charge in [-0.2, -0.15) is 0 Å². The predicted octanol–water partition coefficient (Wildman–Crippen LogP) is -0.0532. The third kappa shape index (κ3) is 5.42. The van der Waals surface area contributed by atoms with Gasteiger partial charge in [-0.15, -0.1) is 0 Å². The Kier molecular flexibility index (Phi) is 4.21. The van der Waals surface area contributed by atoms with Gasteiger partial charge in [0.2, 0.25) is 0 Å². The molecule has 0 aromatic rings. The van der Waals surface area contributed by atoms with E-state index in [1.54, 1.807) is 0 Å². The molecule has 0 saturated carbocycles. The Bertz CT molecular complexity index is 264. The van der Waals surface area contributed by atoms with Gasteiger partial charge in [0.05, 0.1) is 12.8 Å². The van der Waals surface area contributed by atoms with Crippen LogP contribution in [0.15, 0.2) is 11.6 Å². The van der Waals surface area contributed by atoms with Gasteiger partial charge in [-0.1, -0.05) is 6.08 Å². The molecule has 0 atom stereocenters. The Labute approximate surface area is 73.1 Å². The third-order valence-electron chi connectivity index (χ3n) is 1.14. The molecule has 13 heavy (non-hydrogen) atoms. The molecule has 0 amide bonds. The molecule has 0 aliphatic heterocycles. The van der Waals surface area contributed by atoms with E-state index < -0.39 is 36.3 Å². The monoisotopic (exact) mass is 188 g/mol. The van der Waals surface area contributed by atoms with Gasteiger partial charge < -0.3 is 15.3 Å².